The number of rotatable bonds is 2. The maximum atomic E-state index is 13.3. The minimum Gasteiger partial charge on any atom is -0.375 e. The van der Waals surface area contributed by atoms with Crippen molar-refractivity contribution in [2.75, 3.05) is 32.4 Å². The number of amides is 1. The predicted molar refractivity (Wildman–Crippen MR) is 128 cm³/mol. The number of hydrogen-bond acceptors (Lipinski definition) is 5. The van der Waals surface area contributed by atoms with Crippen LogP contribution >= 0.6 is 36.2 Å². The Kier molecular flexibility index (Phi) is 6.63. The minimum atomic E-state index is 0. The summed E-state index contributed by atoms with van der Waals surface area (Å²) in [5, 5.41) is 0.509. The molecule has 2 aliphatic heterocycles. The summed E-state index contributed by atoms with van der Waals surface area (Å²) < 4.78 is 0.898. The molecule has 0 bridgehead atoms. The Bertz CT molecular complexity index is 1070. The maximum absolute atomic E-state index is 13.3. The second-order valence-electron chi connectivity index (χ2n) is 8.08. The summed E-state index contributed by atoms with van der Waals surface area (Å²) in [4.78, 5) is 22.2. The van der Waals surface area contributed by atoms with Crippen LogP contribution in [0.25, 0.3) is 10.2 Å². The van der Waals surface area contributed by atoms with Gasteiger partial charge in [0.2, 0.25) is 0 Å². The fraction of sp³-hybridized carbons (Fsp3) is 0.364. The van der Waals surface area contributed by atoms with Gasteiger partial charge in [-0.3, -0.25) is 9.69 Å². The topological polar surface area (TPSA) is 62.5 Å². The van der Waals surface area contributed by atoms with Crippen LogP contribution in [0.3, 0.4) is 0 Å². The largest absolute Gasteiger partial charge is 0.375 e. The van der Waals surface area contributed by atoms with E-state index in [0.29, 0.717) is 23.0 Å². The Morgan fingerprint density at radius 3 is 2.63 bits per heavy atom. The van der Waals surface area contributed by atoms with Crippen molar-refractivity contribution >= 4 is 57.4 Å². The molecule has 3 heterocycles. The van der Waals surface area contributed by atoms with Crippen molar-refractivity contribution < 1.29 is 4.79 Å². The van der Waals surface area contributed by atoms with Crippen LogP contribution < -0.4 is 5.73 Å². The monoisotopic (exact) mass is 464 g/mol. The van der Waals surface area contributed by atoms with Gasteiger partial charge in [-0.2, -0.15) is 0 Å². The molecule has 160 valence electrons. The number of anilines is 1. The minimum absolute atomic E-state index is 0. The summed E-state index contributed by atoms with van der Waals surface area (Å²) in [6.45, 7) is 4.84. The van der Waals surface area contributed by atoms with E-state index in [2.05, 4.69) is 48.1 Å². The number of aromatic nitrogens is 1. The summed E-state index contributed by atoms with van der Waals surface area (Å²) >= 11 is 1.40. The second-order valence-corrected chi connectivity index (χ2v) is 9.11. The molecule has 3 aromatic rings. The molecule has 0 saturated carbocycles. The number of carbonyl (C=O) groups is 1. The molecule has 2 N–H and O–H groups in total. The molecule has 0 radical (unpaired) electrons. The lowest BCUT2D eigenvalue weighted by atomic mass is 9.88. The highest BCUT2D eigenvalue weighted by atomic mass is 35.5. The quantitative estimate of drug-likeness (QED) is 0.609. The number of hydrogen-bond donors (Lipinski definition) is 1. The van der Waals surface area contributed by atoms with E-state index in [1.54, 1.807) is 0 Å². The molecule has 3 atom stereocenters. The lowest BCUT2D eigenvalue weighted by Crippen LogP contribution is -2.33. The highest BCUT2D eigenvalue weighted by Crippen LogP contribution is 2.45. The van der Waals surface area contributed by atoms with Crippen LogP contribution in [0.15, 0.2) is 42.5 Å². The molecule has 30 heavy (non-hydrogen) atoms. The summed E-state index contributed by atoms with van der Waals surface area (Å²) in [5.74, 6) is 1.10. The van der Waals surface area contributed by atoms with E-state index in [1.807, 2.05) is 23.1 Å². The Labute approximate surface area is 193 Å². The van der Waals surface area contributed by atoms with E-state index in [0.717, 1.165) is 35.4 Å². The highest BCUT2D eigenvalue weighted by molar-refractivity contribution is 7.22. The van der Waals surface area contributed by atoms with E-state index >= 15 is 0 Å². The molecule has 2 saturated heterocycles. The third kappa shape index (κ3) is 3.66. The Hall–Kier alpha value is -1.86. The number of nitrogens with zero attached hydrogens (tertiary/aromatic N) is 3. The van der Waals surface area contributed by atoms with Crippen molar-refractivity contribution in [3.05, 3.63) is 59.2 Å². The van der Waals surface area contributed by atoms with Gasteiger partial charge in [0.05, 0.1) is 15.8 Å². The summed E-state index contributed by atoms with van der Waals surface area (Å²) in [6.07, 6.45) is 0. The fourth-order valence-corrected chi connectivity index (χ4v) is 5.95. The molecule has 2 aromatic carbocycles. The van der Waals surface area contributed by atoms with Crippen LogP contribution in [0.2, 0.25) is 0 Å². The first-order valence-electron chi connectivity index (χ1n) is 9.73. The average Bonchev–Trinajstić information content (AvgIpc) is 3.32. The van der Waals surface area contributed by atoms with Gasteiger partial charge in [-0.05, 0) is 43.1 Å². The number of aryl methyl sites for hydroxylation is 1. The first-order valence-corrected chi connectivity index (χ1v) is 10.5. The summed E-state index contributed by atoms with van der Waals surface area (Å²) in [5.41, 5.74) is 10.1. The lowest BCUT2D eigenvalue weighted by Gasteiger charge is -2.28. The van der Waals surface area contributed by atoms with E-state index < -0.39 is 0 Å². The molecule has 0 spiro atoms. The van der Waals surface area contributed by atoms with Gasteiger partial charge in [-0.15, -0.1) is 24.8 Å². The van der Waals surface area contributed by atoms with Crippen molar-refractivity contribution in [2.24, 2.45) is 11.8 Å². The molecular formula is C22H26Cl2N4OS. The van der Waals surface area contributed by atoms with E-state index in [9.17, 15) is 4.79 Å². The lowest BCUT2D eigenvalue weighted by molar-refractivity contribution is 0.0770. The van der Waals surface area contributed by atoms with Crippen molar-refractivity contribution in [2.45, 2.75) is 13.0 Å². The van der Waals surface area contributed by atoms with Gasteiger partial charge in [-0.1, -0.05) is 41.7 Å². The number of carbonyl (C=O) groups excluding carboxylic acids is 1. The smallest absolute Gasteiger partial charge is 0.255 e. The average molecular weight is 465 g/mol. The fourth-order valence-electron chi connectivity index (χ4n) is 5.12. The first-order chi connectivity index (χ1) is 13.5. The molecule has 5 nitrogen and oxygen atoms in total. The number of nitrogen functional groups attached to an aromatic ring is 1. The molecule has 1 aromatic heterocycles. The maximum Gasteiger partial charge on any atom is 0.255 e. The number of halogens is 2. The molecule has 0 aliphatic carbocycles. The number of likely N-dealkylation sites (tertiary alicyclic amines) is 2. The van der Waals surface area contributed by atoms with E-state index in [4.69, 9.17) is 5.73 Å². The first kappa shape index (κ1) is 22.8. The van der Waals surface area contributed by atoms with Crippen molar-refractivity contribution in [3.63, 3.8) is 0 Å². The normalized spacial score (nSPS) is 23.1. The Morgan fingerprint density at radius 2 is 1.87 bits per heavy atom. The van der Waals surface area contributed by atoms with E-state index in [1.165, 1.54) is 22.5 Å². The zero-order chi connectivity index (χ0) is 19.4. The van der Waals surface area contributed by atoms with E-state index in [-0.39, 0.29) is 30.7 Å². The van der Waals surface area contributed by atoms with Gasteiger partial charge in [0.15, 0.2) is 5.13 Å². The molecule has 1 amide bonds. The van der Waals surface area contributed by atoms with Crippen molar-refractivity contribution in [1.82, 2.24) is 14.8 Å². The van der Waals surface area contributed by atoms with Crippen LogP contribution in [0, 0.1) is 18.8 Å². The number of nitrogens with two attached hydrogens (primary N) is 1. The van der Waals surface area contributed by atoms with Gasteiger partial charge >= 0.3 is 0 Å². The zero-order valence-corrected chi connectivity index (χ0v) is 19.4. The third-order valence-electron chi connectivity index (χ3n) is 6.35. The molecule has 5 rings (SSSR count). The van der Waals surface area contributed by atoms with Crippen LogP contribution in [0.1, 0.15) is 27.5 Å². The van der Waals surface area contributed by atoms with Gasteiger partial charge in [0.1, 0.15) is 0 Å². The molecular weight excluding hydrogens is 439 g/mol. The van der Waals surface area contributed by atoms with Crippen LogP contribution in [0.5, 0.6) is 0 Å². The van der Waals surface area contributed by atoms with Crippen molar-refractivity contribution in [3.8, 4) is 0 Å². The van der Waals surface area contributed by atoms with Gasteiger partial charge in [-0.25, -0.2) is 4.98 Å². The van der Waals surface area contributed by atoms with Gasteiger partial charge in [0, 0.05) is 31.6 Å². The number of fused-ring (bicyclic) bond motifs is 2. The van der Waals surface area contributed by atoms with Gasteiger partial charge < -0.3 is 10.6 Å². The number of thiazole rings is 1. The predicted octanol–water partition coefficient (Wildman–Crippen LogP) is 4.41. The third-order valence-corrected chi connectivity index (χ3v) is 7.28. The van der Waals surface area contributed by atoms with Crippen molar-refractivity contribution in [1.29, 1.82) is 0 Å². The van der Waals surface area contributed by atoms with Crippen LogP contribution in [-0.4, -0.2) is 47.4 Å². The van der Waals surface area contributed by atoms with Crippen LogP contribution in [-0.2, 0) is 0 Å². The number of benzene rings is 2. The molecule has 2 fully saturated rings. The molecule has 0 unspecified atom stereocenters. The Morgan fingerprint density at radius 1 is 1.10 bits per heavy atom. The summed E-state index contributed by atoms with van der Waals surface area (Å²) in [6, 6.07) is 14.7. The Balaban J connectivity index is 0.00000128. The molecule has 2 aliphatic rings. The highest BCUT2D eigenvalue weighted by Gasteiger charge is 2.47. The molecule has 8 heteroatoms. The SMILES string of the molecule is Cc1ccccc1[C@@H]1[C@@H]2CN(C(=O)c3cccc4nc(N)sc34)C[C@@H]2CN1C.Cl.Cl. The zero-order valence-electron chi connectivity index (χ0n) is 16.9. The van der Waals surface area contributed by atoms with Crippen LogP contribution in [0.4, 0.5) is 5.13 Å². The standard InChI is InChI=1S/C22H24N4OS.2ClH/c1-13-6-3-4-7-15(13)19-17-12-26(11-14(17)10-25(19)2)21(27)16-8-5-9-18-20(16)28-22(23)24-18;;/h3-9,14,17,19H,10-12H2,1-2H3,(H2,23,24);2*1H/t14-,17+,19+;;/m0../s1. The van der Waals surface area contributed by atoms with Gasteiger partial charge in [0.25, 0.3) is 5.91 Å². The second kappa shape index (κ2) is 8.71. The summed E-state index contributed by atoms with van der Waals surface area (Å²) in [7, 11) is 2.21.